The fourth-order valence-electron chi connectivity index (χ4n) is 5.70. The predicted octanol–water partition coefficient (Wildman–Crippen LogP) is 6.38. The maximum Gasteiger partial charge on any atom is 0.340 e. The Kier molecular flexibility index (Phi) is 8.10. The van der Waals surface area contributed by atoms with Gasteiger partial charge in [-0.05, 0) is 68.3 Å². The molecule has 0 unspecified atom stereocenters. The lowest BCUT2D eigenvalue weighted by molar-refractivity contribution is 0.0599. The number of nitrogens with zero attached hydrogens (tertiary/aromatic N) is 3. The third-order valence-corrected chi connectivity index (χ3v) is 7.53. The number of likely N-dealkylation sites (tertiary alicyclic amines) is 1. The van der Waals surface area contributed by atoms with E-state index in [0.717, 1.165) is 54.1 Å². The third-order valence-electron chi connectivity index (χ3n) is 7.53. The van der Waals surface area contributed by atoms with Gasteiger partial charge < -0.3 is 14.5 Å². The molecule has 6 heteroatoms. The number of carbonyl (C=O) groups excluding carboxylic acids is 1. The van der Waals surface area contributed by atoms with Crippen molar-refractivity contribution in [3.63, 3.8) is 0 Å². The highest BCUT2D eigenvalue weighted by Crippen LogP contribution is 2.43. The molecule has 0 spiro atoms. The van der Waals surface area contributed by atoms with E-state index < -0.39 is 0 Å². The molecular formula is C29H40FN3O2. The first kappa shape index (κ1) is 25.6. The second-order valence-electron chi connectivity index (χ2n) is 10.6. The summed E-state index contributed by atoms with van der Waals surface area (Å²) >= 11 is 0. The molecule has 2 aliphatic rings. The first-order chi connectivity index (χ1) is 16.8. The Balaban J connectivity index is 1.84. The van der Waals surface area contributed by atoms with Crippen molar-refractivity contribution in [2.24, 2.45) is 0 Å². The van der Waals surface area contributed by atoms with E-state index in [-0.39, 0.29) is 23.6 Å². The topological polar surface area (TPSA) is 45.7 Å². The first-order valence-electron chi connectivity index (χ1n) is 13.2. The molecule has 0 saturated carbocycles. The smallest absolute Gasteiger partial charge is 0.340 e. The van der Waals surface area contributed by atoms with Crippen LogP contribution in [0.5, 0.6) is 0 Å². The highest BCUT2D eigenvalue weighted by molar-refractivity contribution is 6.03. The number of esters is 1. The maximum atomic E-state index is 13.9. The summed E-state index contributed by atoms with van der Waals surface area (Å²) in [6.07, 6.45) is 6.14. The summed E-state index contributed by atoms with van der Waals surface area (Å²) in [6, 6.07) is 7.09. The SMILES string of the molecule is COC(=O)c1c(C(C)C)nc(C(C)C)c(N2CCC(N3CCCCC3)CC2)c1-c1ccc(F)cc1. The van der Waals surface area contributed by atoms with E-state index in [1.165, 1.54) is 51.6 Å². The van der Waals surface area contributed by atoms with Crippen LogP contribution in [0.4, 0.5) is 10.1 Å². The number of anilines is 1. The van der Waals surface area contributed by atoms with Gasteiger partial charge in [0.05, 0.1) is 29.7 Å². The average Bonchev–Trinajstić information content (AvgIpc) is 2.88. The number of aromatic nitrogens is 1. The van der Waals surface area contributed by atoms with Crippen molar-refractivity contribution in [1.82, 2.24) is 9.88 Å². The minimum absolute atomic E-state index is 0.0414. The molecule has 2 saturated heterocycles. The van der Waals surface area contributed by atoms with Crippen LogP contribution < -0.4 is 4.90 Å². The number of rotatable bonds is 6. The van der Waals surface area contributed by atoms with Gasteiger partial charge in [-0.25, -0.2) is 9.18 Å². The minimum atomic E-state index is -0.389. The second kappa shape index (κ2) is 11.1. The zero-order valence-corrected chi connectivity index (χ0v) is 21.9. The van der Waals surface area contributed by atoms with Crippen LogP contribution in [0, 0.1) is 5.82 Å². The molecule has 0 radical (unpaired) electrons. The van der Waals surface area contributed by atoms with Crippen LogP contribution in [-0.4, -0.2) is 55.2 Å². The van der Waals surface area contributed by atoms with E-state index in [9.17, 15) is 9.18 Å². The van der Waals surface area contributed by atoms with Crippen LogP contribution >= 0.6 is 0 Å². The van der Waals surface area contributed by atoms with Crippen LogP contribution in [0.25, 0.3) is 11.1 Å². The zero-order chi connectivity index (χ0) is 25.1. The summed E-state index contributed by atoms with van der Waals surface area (Å²) in [4.78, 5) is 23.4. The van der Waals surface area contributed by atoms with Crippen molar-refractivity contribution in [2.75, 3.05) is 38.2 Å². The molecule has 5 nitrogen and oxygen atoms in total. The van der Waals surface area contributed by atoms with Crippen LogP contribution in [-0.2, 0) is 4.74 Å². The lowest BCUT2D eigenvalue weighted by atomic mass is 9.88. The molecule has 35 heavy (non-hydrogen) atoms. The number of carbonyl (C=O) groups is 1. The molecule has 1 aromatic carbocycles. The molecule has 1 aromatic heterocycles. The Morgan fingerprint density at radius 2 is 1.54 bits per heavy atom. The predicted molar refractivity (Wildman–Crippen MR) is 140 cm³/mol. The largest absolute Gasteiger partial charge is 0.465 e. The Morgan fingerprint density at radius 3 is 2.09 bits per heavy atom. The van der Waals surface area contributed by atoms with Crippen LogP contribution in [0.1, 0.15) is 93.4 Å². The molecule has 0 amide bonds. The maximum absolute atomic E-state index is 13.9. The fourth-order valence-corrected chi connectivity index (χ4v) is 5.70. The molecular weight excluding hydrogens is 441 g/mol. The standard InChI is InChI=1S/C29H40FN3O2/c1-19(2)26-25(29(34)35-5)24(21-9-11-22(30)12-10-21)28(27(31-26)20(3)4)33-17-13-23(14-18-33)32-15-7-6-8-16-32/h9-12,19-20,23H,6-8,13-18H2,1-5H3. The molecule has 2 aromatic rings. The first-order valence-corrected chi connectivity index (χ1v) is 13.2. The van der Waals surface area contributed by atoms with Crippen molar-refractivity contribution < 1.29 is 13.9 Å². The molecule has 4 rings (SSSR count). The van der Waals surface area contributed by atoms with Crippen molar-refractivity contribution in [3.05, 3.63) is 47.0 Å². The van der Waals surface area contributed by atoms with Crippen molar-refractivity contribution >= 4 is 11.7 Å². The van der Waals surface area contributed by atoms with Gasteiger partial charge in [-0.2, -0.15) is 0 Å². The monoisotopic (exact) mass is 481 g/mol. The van der Waals surface area contributed by atoms with E-state index in [0.29, 0.717) is 11.6 Å². The molecule has 2 fully saturated rings. The van der Waals surface area contributed by atoms with Gasteiger partial charge in [-0.1, -0.05) is 46.2 Å². The van der Waals surface area contributed by atoms with Crippen LogP contribution in [0.15, 0.2) is 24.3 Å². The number of benzene rings is 1. The fraction of sp³-hybridized carbons (Fsp3) is 0.586. The van der Waals surface area contributed by atoms with Gasteiger partial charge in [0.1, 0.15) is 5.82 Å². The summed E-state index contributed by atoms with van der Waals surface area (Å²) in [5, 5.41) is 0. The van der Waals surface area contributed by atoms with E-state index in [1.807, 2.05) is 0 Å². The number of ether oxygens (including phenoxy) is 1. The number of hydrogen-bond donors (Lipinski definition) is 0. The highest BCUT2D eigenvalue weighted by Gasteiger charge is 2.33. The van der Waals surface area contributed by atoms with Crippen molar-refractivity contribution in [2.45, 2.75) is 77.7 Å². The summed E-state index contributed by atoms with van der Waals surface area (Å²) in [6.45, 7) is 12.7. The highest BCUT2D eigenvalue weighted by atomic mass is 19.1. The molecule has 3 heterocycles. The quantitative estimate of drug-likeness (QED) is 0.448. The van der Waals surface area contributed by atoms with Crippen molar-refractivity contribution in [3.8, 4) is 11.1 Å². The Bertz CT molecular complexity index is 1020. The van der Waals surface area contributed by atoms with Gasteiger partial charge in [0, 0.05) is 24.7 Å². The molecule has 190 valence electrons. The van der Waals surface area contributed by atoms with Gasteiger partial charge in [-0.3, -0.25) is 4.98 Å². The second-order valence-corrected chi connectivity index (χ2v) is 10.6. The Hall–Kier alpha value is -2.47. The lowest BCUT2D eigenvalue weighted by Crippen LogP contribution is -2.47. The minimum Gasteiger partial charge on any atom is -0.465 e. The van der Waals surface area contributed by atoms with Crippen LogP contribution in [0.3, 0.4) is 0 Å². The molecule has 2 aliphatic heterocycles. The van der Waals surface area contributed by atoms with E-state index in [4.69, 9.17) is 9.72 Å². The van der Waals surface area contributed by atoms with E-state index >= 15 is 0 Å². The Morgan fingerprint density at radius 1 is 0.943 bits per heavy atom. The van der Waals surface area contributed by atoms with E-state index in [2.05, 4.69) is 37.5 Å². The summed E-state index contributed by atoms with van der Waals surface area (Å²) < 4.78 is 19.2. The van der Waals surface area contributed by atoms with Gasteiger partial charge in [0.25, 0.3) is 0 Å². The number of pyridine rings is 1. The van der Waals surface area contributed by atoms with E-state index in [1.54, 1.807) is 12.1 Å². The Labute approximate surface area is 209 Å². The normalized spacial score (nSPS) is 17.9. The molecule has 0 aliphatic carbocycles. The van der Waals surface area contributed by atoms with Crippen molar-refractivity contribution in [1.29, 1.82) is 0 Å². The van der Waals surface area contributed by atoms with Gasteiger partial charge >= 0.3 is 5.97 Å². The average molecular weight is 482 g/mol. The lowest BCUT2D eigenvalue weighted by Gasteiger charge is -2.42. The third kappa shape index (κ3) is 5.37. The summed E-state index contributed by atoms with van der Waals surface area (Å²) in [5.74, 6) is -0.465. The molecule has 0 atom stereocenters. The van der Waals surface area contributed by atoms with Gasteiger partial charge in [0.2, 0.25) is 0 Å². The van der Waals surface area contributed by atoms with Gasteiger partial charge in [-0.15, -0.1) is 0 Å². The summed E-state index contributed by atoms with van der Waals surface area (Å²) in [7, 11) is 1.42. The molecule has 0 bridgehead atoms. The van der Waals surface area contributed by atoms with Crippen LogP contribution in [0.2, 0.25) is 0 Å². The number of halogens is 1. The zero-order valence-electron chi connectivity index (χ0n) is 21.9. The number of methoxy groups -OCH3 is 1. The van der Waals surface area contributed by atoms with Gasteiger partial charge in [0.15, 0.2) is 0 Å². The number of piperidine rings is 2. The molecule has 0 N–H and O–H groups in total. The number of hydrogen-bond acceptors (Lipinski definition) is 5. The summed E-state index contributed by atoms with van der Waals surface area (Å²) in [5.41, 5.74) is 4.91.